The van der Waals surface area contributed by atoms with Crippen molar-refractivity contribution in [1.82, 2.24) is 14.5 Å². The Morgan fingerprint density at radius 1 is 1.16 bits per heavy atom. The van der Waals surface area contributed by atoms with E-state index in [4.69, 9.17) is 0 Å². The van der Waals surface area contributed by atoms with Crippen LogP contribution in [0.1, 0.15) is 28.4 Å². The minimum Gasteiger partial charge on any atom is -0.394 e. The summed E-state index contributed by atoms with van der Waals surface area (Å²) in [4.78, 5) is 6.42. The van der Waals surface area contributed by atoms with Gasteiger partial charge in [0, 0.05) is 48.5 Å². The number of benzene rings is 1. The lowest BCUT2D eigenvalue weighted by molar-refractivity contribution is 0.245. The zero-order chi connectivity index (χ0) is 17.4. The average molecular weight is 337 g/mol. The molecule has 0 fully saturated rings. The Morgan fingerprint density at radius 3 is 2.68 bits per heavy atom. The van der Waals surface area contributed by atoms with Gasteiger partial charge in [-0.2, -0.15) is 0 Å². The summed E-state index contributed by atoms with van der Waals surface area (Å²) in [6.45, 7) is 1.98. The van der Waals surface area contributed by atoms with E-state index in [1.54, 1.807) is 12.4 Å². The summed E-state index contributed by atoms with van der Waals surface area (Å²) < 4.78 is 2.29. The van der Waals surface area contributed by atoms with Crippen molar-refractivity contribution in [3.05, 3.63) is 65.1 Å². The Kier molecular flexibility index (Phi) is 4.29. The van der Waals surface area contributed by atoms with Crippen LogP contribution in [-0.4, -0.2) is 44.9 Å². The molecule has 0 spiro atoms. The third-order valence-corrected chi connectivity index (χ3v) is 5.20. The van der Waals surface area contributed by atoms with Gasteiger partial charge >= 0.3 is 0 Å². The topological polar surface area (TPSA) is 61.5 Å². The van der Waals surface area contributed by atoms with Crippen LogP contribution in [-0.2, 0) is 19.6 Å². The quantitative estimate of drug-likeness (QED) is 0.765. The molecule has 0 aliphatic carbocycles. The molecule has 1 atom stereocenters. The van der Waals surface area contributed by atoms with E-state index in [1.807, 2.05) is 18.2 Å². The van der Waals surface area contributed by atoms with Gasteiger partial charge in [0.1, 0.15) is 0 Å². The van der Waals surface area contributed by atoms with Crippen LogP contribution < -0.4 is 0 Å². The predicted molar refractivity (Wildman–Crippen MR) is 97.4 cm³/mol. The molecule has 0 bridgehead atoms. The van der Waals surface area contributed by atoms with Crippen molar-refractivity contribution in [2.75, 3.05) is 20.2 Å². The van der Waals surface area contributed by atoms with E-state index in [0.29, 0.717) is 0 Å². The van der Waals surface area contributed by atoms with Crippen molar-refractivity contribution in [3.8, 4) is 0 Å². The van der Waals surface area contributed by atoms with E-state index in [2.05, 4.69) is 33.6 Å². The fourth-order valence-electron chi connectivity index (χ4n) is 3.95. The van der Waals surface area contributed by atoms with E-state index in [0.717, 1.165) is 36.2 Å². The van der Waals surface area contributed by atoms with Crippen LogP contribution in [0.4, 0.5) is 0 Å². The van der Waals surface area contributed by atoms with Gasteiger partial charge in [-0.3, -0.25) is 4.98 Å². The highest BCUT2D eigenvalue weighted by Gasteiger charge is 2.26. The maximum Gasteiger partial charge on any atom is 0.0820 e. The van der Waals surface area contributed by atoms with Gasteiger partial charge in [-0.25, -0.2) is 0 Å². The highest BCUT2D eigenvalue weighted by Crippen LogP contribution is 2.35. The molecule has 3 aromatic rings. The van der Waals surface area contributed by atoms with Crippen LogP contribution in [0.3, 0.4) is 0 Å². The maximum absolute atomic E-state index is 10.2. The van der Waals surface area contributed by atoms with E-state index < -0.39 is 0 Å². The monoisotopic (exact) mass is 337 g/mol. The molecule has 1 aliphatic heterocycles. The lowest BCUT2D eigenvalue weighted by atomic mass is 10.0. The zero-order valence-corrected chi connectivity index (χ0v) is 14.4. The minimum atomic E-state index is -0.127. The number of pyridine rings is 1. The Hall–Kier alpha value is -2.21. The second-order valence-corrected chi connectivity index (χ2v) is 6.77. The molecule has 0 amide bonds. The van der Waals surface area contributed by atoms with E-state index in [-0.39, 0.29) is 19.3 Å². The number of hydrogen-bond acceptors (Lipinski definition) is 4. The molecule has 1 unspecified atom stereocenters. The molecule has 5 nitrogen and oxygen atoms in total. The third-order valence-electron chi connectivity index (χ3n) is 5.20. The molecule has 3 heterocycles. The number of rotatable bonds is 4. The van der Waals surface area contributed by atoms with Crippen LogP contribution in [0.25, 0.3) is 10.9 Å². The number of aliphatic hydroxyl groups is 2. The Labute approximate surface area is 147 Å². The summed E-state index contributed by atoms with van der Waals surface area (Å²) in [7, 11) is 2.13. The van der Waals surface area contributed by atoms with Gasteiger partial charge in [-0.1, -0.05) is 6.07 Å². The van der Waals surface area contributed by atoms with Crippen LogP contribution >= 0.6 is 0 Å². The summed E-state index contributed by atoms with van der Waals surface area (Å²) >= 11 is 0. The molecule has 2 aromatic heterocycles. The summed E-state index contributed by atoms with van der Waals surface area (Å²) in [6, 6.07) is 9.94. The van der Waals surface area contributed by atoms with Gasteiger partial charge in [0.15, 0.2) is 0 Å². The van der Waals surface area contributed by atoms with Crippen molar-refractivity contribution in [2.45, 2.75) is 25.6 Å². The van der Waals surface area contributed by atoms with Gasteiger partial charge in [0.05, 0.1) is 19.3 Å². The molecule has 5 heteroatoms. The fraction of sp³-hybridized carbons (Fsp3) is 0.350. The first-order valence-electron chi connectivity index (χ1n) is 8.67. The highest BCUT2D eigenvalue weighted by atomic mass is 16.3. The SMILES string of the molecule is CN1CCc2c(c3cc(CO)ccc3n2C(CO)c2ccncc2)C1. The molecule has 0 saturated heterocycles. The third kappa shape index (κ3) is 2.74. The van der Waals surface area contributed by atoms with Crippen molar-refractivity contribution < 1.29 is 10.2 Å². The maximum atomic E-state index is 10.2. The largest absolute Gasteiger partial charge is 0.394 e. The predicted octanol–water partition coefficient (Wildman–Crippen LogP) is 2.10. The molecule has 1 aromatic carbocycles. The lowest BCUT2D eigenvalue weighted by Gasteiger charge is -2.27. The Bertz CT molecular complexity index is 889. The summed E-state index contributed by atoms with van der Waals surface area (Å²) in [5, 5.41) is 20.9. The zero-order valence-electron chi connectivity index (χ0n) is 14.4. The first-order chi connectivity index (χ1) is 12.2. The molecule has 0 radical (unpaired) electrons. The van der Waals surface area contributed by atoms with Gasteiger partial charge in [0.25, 0.3) is 0 Å². The number of aliphatic hydroxyl groups excluding tert-OH is 2. The number of fused-ring (bicyclic) bond motifs is 3. The fourth-order valence-corrected chi connectivity index (χ4v) is 3.95. The standard InChI is InChI=1S/C20H23N3O2/c1-22-9-6-19-17(11-22)16-10-14(12-24)2-3-18(16)23(19)20(13-25)15-4-7-21-8-5-15/h2-5,7-8,10,20,24-25H,6,9,11-13H2,1H3. The first-order valence-corrected chi connectivity index (χ1v) is 8.67. The van der Waals surface area contributed by atoms with Crippen molar-refractivity contribution in [3.63, 3.8) is 0 Å². The molecule has 0 saturated carbocycles. The van der Waals surface area contributed by atoms with E-state index >= 15 is 0 Å². The lowest BCUT2D eigenvalue weighted by Crippen LogP contribution is -2.28. The number of nitrogens with zero attached hydrogens (tertiary/aromatic N) is 3. The van der Waals surface area contributed by atoms with Gasteiger partial charge in [-0.15, -0.1) is 0 Å². The number of aromatic nitrogens is 2. The normalized spacial score (nSPS) is 16.1. The van der Waals surface area contributed by atoms with Gasteiger partial charge < -0.3 is 19.7 Å². The number of likely N-dealkylation sites (N-methyl/N-ethyl adjacent to an activating group) is 1. The molecular formula is C20H23N3O2. The van der Waals surface area contributed by atoms with Crippen molar-refractivity contribution in [2.24, 2.45) is 0 Å². The smallest absolute Gasteiger partial charge is 0.0820 e. The summed E-state index contributed by atoms with van der Waals surface area (Å²) in [5.41, 5.74) is 5.70. The Balaban J connectivity index is 1.97. The molecule has 25 heavy (non-hydrogen) atoms. The Morgan fingerprint density at radius 2 is 1.96 bits per heavy atom. The first kappa shape index (κ1) is 16.3. The molecule has 2 N–H and O–H groups in total. The van der Waals surface area contributed by atoms with Crippen molar-refractivity contribution >= 4 is 10.9 Å². The summed E-state index contributed by atoms with van der Waals surface area (Å²) in [5.74, 6) is 0. The molecule has 1 aliphatic rings. The van der Waals surface area contributed by atoms with Crippen LogP contribution in [0.15, 0.2) is 42.7 Å². The van der Waals surface area contributed by atoms with Crippen molar-refractivity contribution in [1.29, 1.82) is 0 Å². The van der Waals surface area contributed by atoms with Crippen LogP contribution in [0.5, 0.6) is 0 Å². The van der Waals surface area contributed by atoms with E-state index in [1.165, 1.54) is 16.6 Å². The second-order valence-electron chi connectivity index (χ2n) is 6.77. The molecular weight excluding hydrogens is 314 g/mol. The van der Waals surface area contributed by atoms with E-state index in [9.17, 15) is 10.2 Å². The van der Waals surface area contributed by atoms with Crippen LogP contribution in [0, 0.1) is 0 Å². The van der Waals surface area contributed by atoms with Gasteiger partial charge in [0.2, 0.25) is 0 Å². The molecule has 4 rings (SSSR count). The summed E-state index contributed by atoms with van der Waals surface area (Å²) in [6.07, 6.45) is 4.50. The second kappa shape index (κ2) is 6.59. The highest BCUT2D eigenvalue weighted by molar-refractivity contribution is 5.87. The van der Waals surface area contributed by atoms with Crippen LogP contribution in [0.2, 0.25) is 0 Å². The number of hydrogen-bond donors (Lipinski definition) is 2. The average Bonchev–Trinajstić information content (AvgIpc) is 2.96. The molecule has 130 valence electrons. The van der Waals surface area contributed by atoms with Gasteiger partial charge in [-0.05, 0) is 48.0 Å². The minimum absolute atomic E-state index is 0.0395.